The van der Waals surface area contributed by atoms with Crippen molar-refractivity contribution in [1.82, 2.24) is 0 Å². The molecule has 2 bridgehead atoms. The van der Waals surface area contributed by atoms with Gasteiger partial charge in [-0.3, -0.25) is 0 Å². The molecule has 4 rings (SSSR count). The van der Waals surface area contributed by atoms with Crippen LogP contribution in [0.2, 0.25) is 0 Å². The molecule has 4 aliphatic rings. The highest BCUT2D eigenvalue weighted by Gasteiger charge is 2.81. The summed E-state index contributed by atoms with van der Waals surface area (Å²) in [5.41, 5.74) is 0. The van der Waals surface area contributed by atoms with E-state index < -0.39 is 5.79 Å². The van der Waals surface area contributed by atoms with Crippen LogP contribution in [0.5, 0.6) is 0 Å². The van der Waals surface area contributed by atoms with Gasteiger partial charge < -0.3 is 18.9 Å². The van der Waals surface area contributed by atoms with Gasteiger partial charge in [0.1, 0.15) is 30.5 Å². The molecular formula is C8H9BrO4. The first-order chi connectivity index (χ1) is 6.28. The van der Waals surface area contributed by atoms with Crippen molar-refractivity contribution in [2.24, 2.45) is 0 Å². The fourth-order valence-electron chi connectivity index (χ4n) is 2.68. The van der Waals surface area contributed by atoms with Crippen LogP contribution in [0.1, 0.15) is 0 Å². The lowest BCUT2D eigenvalue weighted by atomic mass is 10.1. The van der Waals surface area contributed by atoms with Crippen molar-refractivity contribution in [2.45, 2.75) is 41.1 Å². The van der Waals surface area contributed by atoms with Crippen LogP contribution in [0.15, 0.2) is 0 Å². The van der Waals surface area contributed by atoms with Crippen molar-refractivity contribution in [3.8, 4) is 0 Å². The van der Waals surface area contributed by atoms with Gasteiger partial charge in [-0.05, 0) is 0 Å². The molecule has 5 heteroatoms. The SMILES string of the molecule is CO[C@]12O[C@H]([C@@H](Br)[C@H]3O[C@H]31)[C@@H]1O[C@@H]12. The summed E-state index contributed by atoms with van der Waals surface area (Å²) in [5.74, 6) is -0.593. The van der Waals surface area contributed by atoms with E-state index >= 15 is 0 Å². The summed E-state index contributed by atoms with van der Waals surface area (Å²) in [6, 6.07) is 0. The monoisotopic (exact) mass is 248 g/mol. The molecule has 0 aliphatic carbocycles. The number of epoxide rings is 2. The molecule has 4 nitrogen and oxygen atoms in total. The maximum absolute atomic E-state index is 5.84. The maximum atomic E-state index is 5.84. The van der Waals surface area contributed by atoms with Crippen LogP contribution in [0.4, 0.5) is 0 Å². The first-order valence-corrected chi connectivity index (χ1v) is 5.37. The van der Waals surface area contributed by atoms with Crippen LogP contribution in [0.3, 0.4) is 0 Å². The summed E-state index contributed by atoms with van der Waals surface area (Å²) in [7, 11) is 1.66. The molecule has 7 atom stereocenters. The van der Waals surface area contributed by atoms with Crippen LogP contribution in [-0.2, 0) is 18.9 Å². The van der Waals surface area contributed by atoms with Crippen molar-refractivity contribution in [3.63, 3.8) is 0 Å². The molecular weight excluding hydrogens is 240 g/mol. The Kier molecular flexibility index (Phi) is 1.15. The van der Waals surface area contributed by atoms with Gasteiger partial charge in [0.05, 0.1) is 4.83 Å². The Morgan fingerprint density at radius 1 is 1.15 bits per heavy atom. The molecule has 0 unspecified atom stereocenters. The van der Waals surface area contributed by atoms with Gasteiger partial charge in [0, 0.05) is 7.11 Å². The van der Waals surface area contributed by atoms with Crippen LogP contribution >= 0.6 is 15.9 Å². The van der Waals surface area contributed by atoms with Crippen molar-refractivity contribution < 1.29 is 18.9 Å². The molecule has 4 aliphatic heterocycles. The van der Waals surface area contributed by atoms with E-state index in [4.69, 9.17) is 18.9 Å². The molecule has 4 heterocycles. The lowest BCUT2D eigenvalue weighted by Gasteiger charge is -2.33. The van der Waals surface area contributed by atoms with E-state index in [1.165, 1.54) is 0 Å². The van der Waals surface area contributed by atoms with Crippen LogP contribution in [-0.4, -0.2) is 48.2 Å². The Morgan fingerprint density at radius 3 is 2.62 bits per heavy atom. The Hall–Kier alpha value is 0.320. The van der Waals surface area contributed by atoms with Crippen molar-refractivity contribution in [3.05, 3.63) is 0 Å². The van der Waals surface area contributed by atoms with Gasteiger partial charge in [-0.25, -0.2) is 0 Å². The summed E-state index contributed by atoms with van der Waals surface area (Å²) < 4.78 is 22.3. The lowest BCUT2D eigenvalue weighted by Crippen LogP contribution is -2.51. The average Bonchev–Trinajstić information content (AvgIpc) is 2.98. The number of methoxy groups -OCH3 is 1. The highest BCUT2D eigenvalue weighted by atomic mass is 79.9. The largest absolute Gasteiger partial charge is 0.362 e. The zero-order valence-electron chi connectivity index (χ0n) is 6.98. The van der Waals surface area contributed by atoms with Gasteiger partial charge >= 0.3 is 0 Å². The van der Waals surface area contributed by atoms with E-state index in [0.29, 0.717) is 0 Å². The summed E-state index contributed by atoms with van der Waals surface area (Å²) in [6.45, 7) is 0. The zero-order valence-corrected chi connectivity index (χ0v) is 8.56. The summed E-state index contributed by atoms with van der Waals surface area (Å²) >= 11 is 3.58. The number of hydrogen-bond acceptors (Lipinski definition) is 4. The van der Waals surface area contributed by atoms with Gasteiger partial charge in [0.25, 0.3) is 0 Å². The number of fused-ring (bicyclic) bond motifs is 7. The zero-order chi connectivity index (χ0) is 8.79. The fraction of sp³-hybridized carbons (Fsp3) is 1.00. The third-order valence-corrected chi connectivity index (χ3v) is 4.48. The Bertz CT molecular complexity index is 285. The van der Waals surface area contributed by atoms with Gasteiger partial charge in [-0.15, -0.1) is 0 Å². The molecule has 0 aromatic rings. The number of halogens is 1. The number of ether oxygens (including phenoxy) is 4. The van der Waals surface area contributed by atoms with Crippen LogP contribution in [0, 0.1) is 0 Å². The van der Waals surface area contributed by atoms with E-state index in [1.807, 2.05) is 0 Å². The van der Waals surface area contributed by atoms with E-state index in [2.05, 4.69) is 15.9 Å². The summed E-state index contributed by atoms with van der Waals surface area (Å²) in [4.78, 5) is 0.262. The van der Waals surface area contributed by atoms with Crippen LogP contribution < -0.4 is 0 Å². The molecule has 72 valence electrons. The Morgan fingerprint density at radius 2 is 1.85 bits per heavy atom. The van der Waals surface area contributed by atoms with Gasteiger partial charge in [-0.1, -0.05) is 15.9 Å². The molecule has 0 spiro atoms. The van der Waals surface area contributed by atoms with E-state index in [1.54, 1.807) is 7.11 Å². The molecule has 0 saturated carbocycles. The quantitative estimate of drug-likeness (QED) is 0.486. The minimum Gasteiger partial charge on any atom is -0.362 e. The molecule has 4 fully saturated rings. The highest BCUT2D eigenvalue weighted by Crippen LogP contribution is 2.61. The van der Waals surface area contributed by atoms with Gasteiger partial charge in [-0.2, -0.15) is 0 Å². The van der Waals surface area contributed by atoms with E-state index in [-0.39, 0.29) is 35.3 Å². The van der Waals surface area contributed by atoms with Crippen LogP contribution in [0.25, 0.3) is 0 Å². The van der Waals surface area contributed by atoms with Crippen molar-refractivity contribution >= 4 is 15.9 Å². The summed E-state index contributed by atoms with van der Waals surface area (Å²) in [5, 5.41) is 0. The highest BCUT2D eigenvalue weighted by molar-refractivity contribution is 9.09. The van der Waals surface area contributed by atoms with E-state index in [0.717, 1.165) is 0 Å². The number of hydrogen-bond donors (Lipinski definition) is 0. The fourth-order valence-corrected chi connectivity index (χ4v) is 3.49. The van der Waals surface area contributed by atoms with Gasteiger partial charge in [0.2, 0.25) is 5.79 Å². The molecule has 0 N–H and O–H groups in total. The third-order valence-electron chi connectivity index (χ3n) is 3.44. The van der Waals surface area contributed by atoms with Crippen molar-refractivity contribution in [1.29, 1.82) is 0 Å². The lowest BCUT2D eigenvalue weighted by molar-refractivity contribution is -0.261. The predicted octanol–water partition coefficient (Wildman–Crippen LogP) is 0.0398. The third kappa shape index (κ3) is 0.668. The first-order valence-electron chi connectivity index (χ1n) is 4.46. The van der Waals surface area contributed by atoms with Crippen molar-refractivity contribution in [2.75, 3.05) is 7.11 Å². The standard InChI is InChI=1S/C8H9BrO4/c1-10-8-6-4(11-6)2(9)3(13-8)5-7(8)12-5/h2-7H,1H3/t2-,3-,4-,5+,6-,7+,8+/m1/s1. The molecule has 0 radical (unpaired) electrons. The average molecular weight is 249 g/mol. The molecule has 0 aromatic heterocycles. The topological polar surface area (TPSA) is 43.5 Å². The summed E-state index contributed by atoms with van der Waals surface area (Å²) in [6.07, 6.45) is 0.750. The van der Waals surface area contributed by atoms with Gasteiger partial charge in [0.15, 0.2) is 0 Å². The second-order valence-electron chi connectivity index (χ2n) is 4.00. The molecule has 4 saturated heterocycles. The maximum Gasteiger partial charge on any atom is 0.227 e. The second-order valence-corrected chi connectivity index (χ2v) is 5.05. The molecule has 13 heavy (non-hydrogen) atoms. The Labute approximate surface area is 83.6 Å². The molecule has 0 amide bonds. The first kappa shape index (κ1) is 7.59. The molecule has 0 aromatic carbocycles. The van der Waals surface area contributed by atoms with E-state index in [9.17, 15) is 0 Å². The number of rotatable bonds is 1. The normalized spacial score (nSPS) is 71.5. The number of alkyl halides is 1. The second kappa shape index (κ2) is 1.97. The predicted molar refractivity (Wildman–Crippen MR) is 44.7 cm³/mol. The minimum atomic E-state index is -0.593. The smallest absolute Gasteiger partial charge is 0.227 e. The minimum absolute atomic E-state index is 0.0654. The Balaban J connectivity index is 1.80.